The molecule has 1 aliphatic rings. The predicted octanol–water partition coefficient (Wildman–Crippen LogP) is 6.34. The van der Waals surface area contributed by atoms with Crippen molar-refractivity contribution in [3.63, 3.8) is 0 Å². The molecule has 2 N–H and O–H groups in total. The number of aliphatic hydroxyl groups excluding tert-OH is 1. The molecule has 0 fully saturated rings. The molecule has 2 atom stereocenters. The average Bonchev–Trinajstić information content (AvgIpc) is 3.33. The van der Waals surface area contributed by atoms with Crippen LogP contribution in [0.1, 0.15) is 58.1 Å². The molecule has 232 valence electrons. The summed E-state index contributed by atoms with van der Waals surface area (Å²) in [4.78, 5) is 18.0. The van der Waals surface area contributed by atoms with Gasteiger partial charge < -0.3 is 14.4 Å². The molecule has 0 saturated carbocycles. The standard InChI is InChI=1S/C31H36F3N3O5S/c1-6-20-12-10-11-15-22(20)30(16-17-31(32,33)34)18-23(38)25(28(39)42-30)26(29(2,3)4)36-43(40,41)24-19-37(5)27(35-24)21-13-8-7-9-14-21/h7-15,19,26,36,38H,6,16-18H2,1-5H3/t26?,30-/m0/s1. The zero-order valence-corrected chi connectivity index (χ0v) is 25.5. The van der Waals surface area contributed by atoms with Crippen molar-refractivity contribution in [2.45, 2.75) is 76.2 Å². The normalized spacial score (nSPS) is 18.9. The van der Waals surface area contributed by atoms with E-state index in [0.717, 1.165) is 0 Å². The van der Waals surface area contributed by atoms with Gasteiger partial charge in [-0.1, -0.05) is 82.3 Å². The van der Waals surface area contributed by atoms with Crippen LogP contribution in [0.3, 0.4) is 0 Å². The van der Waals surface area contributed by atoms with E-state index in [-0.39, 0.29) is 10.6 Å². The van der Waals surface area contributed by atoms with Crippen LogP contribution in [-0.4, -0.2) is 41.3 Å². The number of cyclic esters (lactones) is 1. The molecule has 2 heterocycles. The minimum Gasteiger partial charge on any atom is -0.512 e. The Kier molecular flexibility index (Phi) is 8.86. The lowest BCUT2D eigenvalue weighted by Gasteiger charge is -2.42. The second-order valence-corrected chi connectivity index (χ2v) is 13.5. The molecule has 4 rings (SSSR count). The van der Waals surface area contributed by atoms with E-state index in [2.05, 4.69) is 9.71 Å². The third-order valence-corrected chi connectivity index (χ3v) is 8.86. The SMILES string of the molecule is CCc1ccccc1[C@]1(CCC(F)(F)F)CC(O)=C(C(NS(=O)(=O)c2cn(C)c(-c3ccccc3)n2)C(C)(C)C)C(=O)O1. The fraction of sp³-hybridized carbons (Fsp3) is 0.419. The van der Waals surface area contributed by atoms with Gasteiger partial charge in [0.2, 0.25) is 0 Å². The molecule has 43 heavy (non-hydrogen) atoms. The Morgan fingerprint density at radius 2 is 1.72 bits per heavy atom. The van der Waals surface area contributed by atoms with Gasteiger partial charge in [0.25, 0.3) is 10.0 Å². The highest BCUT2D eigenvalue weighted by molar-refractivity contribution is 7.89. The number of benzene rings is 2. The van der Waals surface area contributed by atoms with E-state index >= 15 is 0 Å². The number of halogens is 3. The molecular weight excluding hydrogens is 583 g/mol. The van der Waals surface area contributed by atoms with Crippen LogP contribution < -0.4 is 4.72 Å². The quantitative estimate of drug-likeness (QED) is 0.271. The van der Waals surface area contributed by atoms with Crippen LogP contribution >= 0.6 is 0 Å². The van der Waals surface area contributed by atoms with Gasteiger partial charge in [-0.15, -0.1) is 0 Å². The van der Waals surface area contributed by atoms with Crippen molar-refractivity contribution >= 4 is 16.0 Å². The molecule has 8 nitrogen and oxygen atoms in total. The van der Waals surface area contributed by atoms with E-state index in [0.29, 0.717) is 28.9 Å². The first kappa shape index (κ1) is 32.3. The van der Waals surface area contributed by atoms with Gasteiger partial charge in [-0.2, -0.15) is 13.2 Å². The Labute approximate surface area is 249 Å². The number of nitrogens with one attached hydrogen (secondary N) is 1. The monoisotopic (exact) mass is 619 g/mol. The van der Waals surface area contributed by atoms with Crippen LogP contribution in [0.25, 0.3) is 11.4 Å². The van der Waals surface area contributed by atoms with Gasteiger partial charge in [0, 0.05) is 38.1 Å². The first-order chi connectivity index (χ1) is 20.0. The summed E-state index contributed by atoms with van der Waals surface area (Å²) in [7, 11) is -2.70. The van der Waals surface area contributed by atoms with E-state index < -0.39 is 64.2 Å². The molecule has 1 aromatic heterocycles. The number of ether oxygens (including phenoxy) is 1. The Hall–Kier alpha value is -3.64. The zero-order chi connectivity index (χ0) is 31.8. The Morgan fingerprint density at radius 1 is 1.09 bits per heavy atom. The molecule has 0 aliphatic carbocycles. The van der Waals surface area contributed by atoms with Gasteiger partial charge in [-0.3, -0.25) is 0 Å². The van der Waals surface area contributed by atoms with Gasteiger partial charge in [-0.25, -0.2) is 22.9 Å². The van der Waals surface area contributed by atoms with Crippen molar-refractivity contribution < 1.29 is 36.2 Å². The molecule has 0 radical (unpaired) electrons. The number of aromatic nitrogens is 2. The van der Waals surface area contributed by atoms with E-state index in [4.69, 9.17) is 4.74 Å². The molecule has 1 unspecified atom stereocenters. The van der Waals surface area contributed by atoms with Crippen molar-refractivity contribution in [3.05, 3.63) is 83.3 Å². The van der Waals surface area contributed by atoms with Gasteiger partial charge in [0.1, 0.15) is 17.2 Å². The smallest absolute Gasteiger partial charge is 0.389 e. The summed E-state index contributed by atoms with van der Waals surface area (Å²) in [6.45, 7) is 6.83. The van der Waals surface area contributed by atoms with Crippen molar-refractivity contribution in [3.8, 4) is 11.4 Å². The molecule has 0 saturated heterocycles. The maximum atomic E-state index is 13.7. The summed E-state index contributed by atoms with van der Waals surface area (Å²) in [5, 5.41) is 11.1. The van der Waals surface area contributed by atoms with Crippen molar-refractivity contribution in [2.75, 3.05) is 0 Å². The topological polar surface area (TPSA) is 111 Å². The second-order valence-electron chi connectivity index (χ2n) is 11.8. The van der Waals surface area contributed by atoms with E-state index in [1.54, 1.807) is 80.9 Å². The van der Waals surface area contributed by atoms with Crippen LogP contribution in [-0.2, 0) is 38.6 Å². The first-order valence-corrected chi connectivity index (χ1v) is 15.4. The second kappa shape index (κ2) is 11.8. The number of esters is 1. The maximum absolute atomic E-state index is 13.7. The molecule has 0 amide bonds. The molecule has 1 aliphatic heterocycles. The fourth-order valence-corrected chi connectivity index (χ4v) is 6.79. The lowest BCUT2D eigenvalue weighted by atomic mass is 9.76. The first-order valence-electron chi connectivity index (χ1n) is 13.9. The van der Waals surface area contributed by atoms with Gasteiger partial charge in [0.15, 0.2) is 5.03 Å². The Balaban J connectivity index is 1.76. The highest BCUT2D eigenvalue weighted by Crippen LogP contribution is 2.46. The summed E-state index contributed by atoms with van der Waals surface area (Å²) in [6.07, 6.45) is -5.05. The number of rotatable bonds is 9. The zero-order valence-electron chi connectivity index (χ0n) is 24.7. The molecular formula is C31H36F3N3O5S. The number of nitrogens with zero attached hydrogens (tertiary/aromatic N) is 2. The third-order valence-electron chi connectivity index (χ3n) is 7.56. The number of imidazole rings is 1. The predicted molar refractivity (Wildman–Crippen MR) is 155 cm³/mol. The number of carbonyl (C=O) groups excluding carboxylic acids is 1. The van der Waals surface area contributed by atoms with Crippen molar-refractivity contribution in [1.29, 1.82) is 0 Å². The van der Waals surface area contributed by atoms with Gasteiger partial charge in [-0.05, 0) is 23.0 Å². The van der Waals surface area contributed by atoms with Crippen LogP contribution in [0, 0.1) is 5.41 Å². The van der Waals surface area contributed by atoms with E-state index in [1.165, 1.54) is 6.20 Å². The summed E-state index contributed by atoms with van der Waals surface area (Å²) in [5.74, 6) is -1.22. The molecule has 2 aromatic carbocycles. The van der Waals surface area contributed by atoms with Gasteiger partial charge >= 0.3 is 12.1 Å². The average molecular weight is 620 g/mol. The Bertz CT molecular complexity index is 1630. The van der Waals surface area contributed by atoms with Crippen LogP contribution in [0.4, 0.5) is 13.2 Å². The minimum atomic E-state index is -4.54. The lowest BCUT2D eigenvalue weighted by molar-refractivity contribution is -0.175. The number of carbonyl (C=O) groups is 1. The number of sulfonamides is 1. The van der Waals surface area contributed by atoms with Crippen LogP contribution in [0.5, 0.6) is 0 Å². The summed E-state index contributed by atoms with van der Waals surface area (Å²) in [5.41, 5.74) is -1.38. The highest BCUT2D eigenvalue weighted by atomic mass is 32.2. The van der Waals surface area contributed by atoms with Crippen LogP contribution in [0.15, 0.2) is 77.2 Å². The fourth-order valence-electron chi connectivity index (χ4n) is 5.39. The lowest BCUT2D eigenvalue weighted by Crippen LogP contribution is -2.50. The molecule has 0 bridgehead atoms. The van der Waals surface area contributed by atoms with Crippen molar-refractivity contribution in [1.82, 2.24) is 14.3 Å². The van der Waals surface area contributed by atoms with Crippen molar-refractivity contribution in [2.24, 2.45) is 12.5 Å². The highest BCUT2D eigenvalue weighted by Gasteiger charge is 2.50. The van der Waals surface area contributed by atoms with E-state index in [1.807, 2.05) is 13.0 Å². The summed E-state index contributed by atoms with van der Waals surface area (Å²) in [6, 6.07) is 14.4. The number of aliphatic hydroxyl groups is 1. The Morgan fingerprint density at radius 3 is 2.30 bits per heavy atom. The molecule has 0 spiro atoms. The summed E-state index contributed by atoms with van der Waals surface area (Å²) >= 11 is 0. The largest absolute Gasteiger partial charge is 0.512 e. The summed E-state index contributed by atoms with van der Waals surface area (Å²) < 4.78 is 77.4. The third kappa shape index (κ3) is 6.96. The molecule has 3 aromatic rings. The maximum Gasteiger partial charge on any atom is 0.389 e. The number of aryl methyl sites for hydroxylation is 2. The van der Waals surface area contributed by atoms with Gasteiger partial charge in [0.05, 0.1) is 11.6 Å². The molecule has 12 heteroatoms. The number of hydrogen-bond acceptors (Lipinski definition) is 6. The van der Waals surface area contributed by atoms with E-state index in [9.17, 15) is 31.5 Å². The minimum absolute atomic E-state index is 0.302. The van der Waals surface area contributed by atoms with Crippen LogP contribution in [0.2, 0.25) is 0 Å². The number of alkyl halides is 3. The number of hydrogen-bond donors (Lipinski definition) is 2.